The van der Waals surface area contributed by atoms with E-state index < -0.39 is 10.0 Å². The first-order chi connectivity index (χ1) is 10.4. The second-order valence-electron chi connectivity index (χ2n) is 5.89. The summed E-state index contributed by atoms with van der Waals surface area (Å²) in [6, 6.07) is 4.31. The lowest BCUT2D eigenvalue weighted by Crippen LogP contribution is -2.46. The maximum atomic E-state index is 12.6. The van der Waals surface area contributed by atoms with Gasteiger partial charge in [0.1, 0.15) is 0 Å². The van der Waals surface area contributed by atoms with E-state index in [4.69, 9.17) is 0 Å². The molecule has 1 aliphatic heterocycles. The Morgan fingerprint density at radius 2 is 2.18 bits per heavy atom. The Bertz CT molecular complexity index is 584. The molecule has 1 atom stereocenters. The van der Waals surface area contributed by atoms with E-state index in [1.807, 2.05) is 11.0 Å². The van der Waals surface area contributed by atoms with E-state index >= 15 is 0 Å². The lowest BCUT2D eigenvalue weighted by molar-refractivity contribution is -0.133. The van der Waals surface area contributed by atoms with Gasteiger partial charge in [0, 0.05) is 30.9 Å². The highest BCUT2D eigenvalue weighted by molar-refractivity contribution is 7.88. The number of carbonyl (C=O) groups excluding carboxylic acids is 1. The van der Waals surface area contributed by atoms with Gasteiger partial charge in [-0.15, -0.1) is 11.3 Å². The number of sulfonamides is 1. The van der Waals surface area contributed by atoms with Crippen molar-refractivity contribution in [2.45, 2.75) is 38.1 Å². The van der Waals surface area contributed by atoms with Crippen LogP contribution in [-0.2, 0) is 21.2 Å². The average Bonchev–Trinajstić information content (AvgIpc) is 2.82. The lowest BCUT2D eigenvalue weighted by atomic mass is 10.1. The summed E-state index contributed by atoms with van der Waals surface area (Å²) in [5.74, 6) is -0.0867. The Labute approximate surface area is 137 Å². The van der Waals surface area contributed by atoms with Crippen LogP contribution in [0.5, 0.6) is 0 Å². The zero-order chi connectivity index (χ0) is 16.2. The van der Waals surface area contributed by atoms with Crippen molar-refractivity contribution in [1.29, 1.82) is 0 Å². The van der Waals surface area contributed by atoms with Gasteiger partial charge in [-0.25, -0.2) is 8.42 Å². The van der Waals surface area contributed by atoms with Crippen LogP contribution in [0.1, 0.15) is 30.6 Å². The van der Waals surface area contributed by atoms with E-state index in [9.17, 15) is 13.2 Å². The fraction of sp³-hybridized carbons (Fsp3) is 0.667. The molecule has 7 heteroatoms. The number of likely N-dealkylation sites (tertiary alicyclic amines) is 1. The van der Waals surface area contributed by atoms with Crippen LogP contribution >= 0.6 is 11.3 Å². The van der Waals surface area contributed by atoms with Crippen LogP contribution in [0.25, 0.3) is 0 Å². The molecule has 0 bridgehead atoms. The molecule has 0 N–H and O–H groups in total. The van der Waals surface area contributed by atoms with Crippen LogP contribution in [0.15, 0.2) is 17.5 Å². The van der Waals surface area contributed by atoms with Crippen LogP contribution in [0, 0.1) is 0 Å². The van der Waals surface area contributed by atoms with Crippen molar-refractivity contribution in [2.75, 3.05) is 26.4 Å². The Hall–Kier alpha value is -0.920. The number of hydrogen-bond acceptors (Lipinski definition) is 4. The van der Waals surface area contributed by atoms with Gasteiger partial charge in [-0.2, -0.15) is 4.31 Å². The van der Waals surface area contributed by atoms with Gasteiger partial charge >= 0.3 is 0 Å². The molecule has 0 radical (unpaired) electrons. The van der Waals surface area contributed by atoms with Gasteiger partial charge in [-0.05, 0) is 24.3 Å². The Kier molecular flexibility index (Phi) is 6.00. The first-order valence-corrected chi connectivity index (χ1v) is 10.3. The Balaban J connectivity index is 2.07. The van der Waals surface area contributed by atoms with Crippen LogP contribution in [0.2, 0.25) is 0 Å². The summed E-state index contributed by atoms with van der Waals surface area (Å²) in [4.78, 5) is 15.7. The molecule has 1 fully saturated rings. The number of hydrogen-bond donors (Lipinski definition) is 0. The van der Waals surface area contributed by atoms with Crippen LogP contribution < -0.4 is 0 Å². The number of thiophene rings is 1. The van der Waals surface area contributed by atoms with Gasteiger partial charge < -0.3 is 4.90 Å². The first kappa shape index (κ1) is 17.4. The van der Waals surface area contributed by atoms with E-state index in [1.165, 1.54) is 11.9 Å². The molecule has 1 amide bonds. The number of amides is 1. The summed E-state index contributed by atoms with van der Waals surface area (Å²) in [6.07, 6.45) is 6.24. The van der Waals surface area contributed by atoms with Crippen molar-refractivity contribution >= 4 is 27.3 Å². The third-order valence-electron chi connectivity index (χ3n) is 4.14. The maximum absolute atomic E-state index is 12.6. The highest BCUT2D eigenvalue weighted by Crippen LogP contribution is 2.22. The number of carbonyl (C=O) groups is 1. The molecule has 0 aromatic carbocycles. The van der Waals surface area contributed by atoms with Gasteiger partial charge in [0.2, 0.25) is 15.9 Å². The highest BCUT2D eigenvalue weighted by Gasteiger charge is 2.27. The molecule has 1 aromatic rings. The third-order valence-corrected chi connectivity index (χ3v) is 6.30. The molecular weight excluding hydrogens is 320 g/mol. The Morgan fingerprint density at radius 1 is 1.41 bits per heavy atom. The minimum atomic E-state index is -3.33. The largest absolute Gasteiger partial charge is 0.338 e. The predicted molar refractivity (Wildman–Crippen MR) is 89.5 cm³/mol. The van der Waals surface area contributed by atoms with Gasteiger partial charge in [-0.3, -0.25) is 4.79 Å². The zero-order valence-corrected chi connectivity index (χ0v) is 14.8. The van der Waals surface area contributed by atoms with Crippen LogP contribution in [-0.4, -0.2) is 56.0 Å². The smallest absolute Gasteiger partial charge is 0.238 e. The monoisotopic (exact) mass is 344 g/mol. The summed E-state index contributed by atoms with van der Waals surface area (Å²) < 4.78 is 24.2. The molecule has 0 saturated carbocycles. The summed E-state index contributed by atoms with van der Waals surface area (Å²) >= 11 is 1.71. The van der Waals surface area contributed by atoms with Crippen molar-refractivity contribution in [2.24, 2.45) is 0 Å². The molecule has 1 saturated heterocycles. The van der Waals surface area contributed by atoms with Gasteiger partial charge in [0.25, 0.3) is 0 Å². The highest BCUT2D eigenvalue weighted by atomic mass is 32.2. The topological polar surface area (TPSA) is 57.7 Å². The second-order valence-corrected chi connectivity index (χ2v) is 9.01. The minimum absolute atomic E-state index is 0.0697. The fourth-order valence-corrected chi connectivity index (χ4v) is 3.90. The standard InChI is InChI=1S/C15H24N2O3S2/c1-16(22(2,19)20)12-15(18)17-9-5-3-4-7-13(17)11-14-8-6-10-21-14/h6,8,10,13H,3-5,7,9,11-12H2,1-2H3/t13-/m0/s1. The molecule has 124 valence electrons. The molecule has 5 nitrogen and oxygen atoms in total. The zero-order valence-electron chi connectivity index (χ0n) is 13.2. The van der Waals surface area contributed by atoms with Crippen molar-refractivity contribution in [3.8, 4) is 0 Å². The molecule has 1 aliphatic rings. The molecule has 0 spiro atoms. The molecule has 0 aliphatic carbocycles. The first-order valence-electron chi connectivity index (χ1n) is 7.61. The SMILES string of the molecule is CN(CC(=O)N1CCCCC[C@H]1Cc1cccs1)S(C)(=O)=O. The summed E-state index contributed by atoms with van der Waals surface area (Å²) in [5.41, 5.74) is 0. The number of rotatable bonds is 5. The molecule has 0 unspecified atom stereocenters. The van der Waals surface area contributed by atoms with E-state index in [0.717, 1.165) is 49.2 Å². The quantitative estimate of drug-likeness (QED) is 0.820. The van der Waals surface area contributed by atoms with E-state index in [1.54, 1.807) is 11.3 Å². The predicted octanol–water partition coefficient (Wildman–Crippen LogP) is 1.95. The molecule has 1 aromatic heterocycles. The van der Waals surface area contributed by atoms with Crippen molar-refractivity contribution in [1.82, 2.24) is 9.21 Å². The van der Waals surface area contributed by atoms with Crippen molar-refractivity contribution in [3.63, 3.8) is 0 Å². The molecule has 2 rings (SSSR count). The van der Waals surface area contributed by atoms with Gasteiger partial charge in [0.05, 0.1) is 12.8 Å². The van der Waals surface area contributed by atoms with E-state index in [-0.39, 0.29) is 18.5 Å². The maximum Gasteiger partial charge on any atom is 0.238 e. The van der Waals surface area contributed by atoms with Gasteiger partial charge in [-0.1, -0.05) is 18.9 Å². The fourth-order valence-electron chi connectivity index (χ4n) is 2.78. The number of nitrogens with zero attached hydrogens (tertiary/aromatic N) is 2. The summed E-state index contributed by atoms with van der Waals surface area (Å²) in [6.45, 7) is 0.659. The van der Waals surface area contributed by atoms with Crippen molar-refractivity contribution < 1.29 is 13.2 Å². The Morgan fingerprint density at radius 3 is 2.82 bits per heavy atom. The minimum Gasteiger partial charge on any atom is -0.338 e. The van der Waals surface area contributed by atoms with E-state index in [0.29, 0.717) is 0 Å². The lowest BCUT2D eigenvalue weighted by Gasteiger charge is -2.31. The van der Waals surface area contributed by atoms with E-state index in [2.05, 4.69) is 11.4 Å². The van der Waals surface area contributed by atoms with Crippen molar-refractivity contribution in [3.05, 3.63) is 22.4 Å². The third kappa shape index (κ3) is 4.79. The molecule has 2 heterocycles. The summed E-state index contributed by atoms with van der Waals surface area (Å²) in [7, 11) is -1.87. The normalized spacial score (nSPS) is 20.1. The van der Waals surface area contributed by atoms with Gasteiger partial charge in [0.15, 0.2) is 0 Å². The van der Waals surface area contributed by atoms with Crippen LogP contribution in [0.3, 0.4) is 0 Å². The second kappa shape index (κ2) is 7.57. The average molecular weight is 345 g/mol. The summed E-state index contributed by atoms with van der Waals surface area (Å²) in [5, 5.41) is 2.05. The molecular formula is C15H24N2O3S2. The van der Waals surface area contributed by atoms with Crippen LogP contribution in [0.4, 0.5) is 0 Å². The molecule has 22 heavy (non-hydrogen) atoms. The number of likely N-dealkylation sites (N-methyl/N-ethyl adjacent to an activating group) is 1.